The van der Waals surface area contributed by atoms with Crippen LogP contribution >= 0.6 is 23.4 Å². The summed E-state index contributed by atoms with van der Waals surface area (Å²) < 4.78 is 0. The van der Waals surface area contributed by atoms with Gasteiger partial charge in [0.1, 0.15) is 6.04 Å². The molecule has 2 aromatic carbocycles. The predicted molar refractivity (Wildman–Crippen MR) is 91.6 cm³/mol. The Balaban J connectivity index is 2.21. The van der Waals surface area contributed by atoms with Gasteiger partial charge >= 0.3 is 6.03 Å². The lowest BCUT2D eigenvalue weighted by Crippen LogP contribution is -2.38. The lowest BCUT2D eigenvalue weighted by Gasteiger charge is -2.14. The monoisotopic (exact) mass is 346 g/mol. The molecule has 1 unspecified atom stereocenters. The van der Waals surface area contributed by atoms with Gasteiger partial charge in [0.05, 0.1) is 0 Å². The van der Waals surface area contributed by atoms with E-state index < -0.39 is 12.1 Å². The van der Waals surface area contributed by atoms with E-state index in [4.69, 9.17) is 17.3 Å². The van der Waals surface area contributed by atoms with E-state index in [0.29, 0.717) is 10.1 Å². The van der Waals surface area contributed by atoms with Crippen molar-refractivity contribution in [2.24, 2.45) is 5.73 Å². The SMILES string of the molecule is CC(C#Cc1ccccc1Sc1ccc(Cl)cc1)N(O)C(N)=O. The zero-order chi connectivity index (χ0) is 16.8. The average Bonchev–Trinajstić information content (AvgIpc) is 2.55. The molecule has 0 aliphatic carbocycles. The minimum atomic E-state index is -0.935. The van der Waals surface area contributed by atoms with Crippen LogP contribution in [0, 0.1) is 11.8 Å². The van der Waals surface area contributed by atoms with E-state index in [1.54, 1.807) is 18.7 Å². The molecule has 0 fully saturated rings. The molecule has 0 aliphatic rings. The van der Waals surface area contributed by atoms with E-state index in [0.717, 1.165) is 15.4 Å². The van der Waals surface area contributed by atoms with Crippen molar-refractivity contribution in [3.05, 3.63) is 59.1 Å². The molecule has 3 N–H and O–H groups in total. The van der Waals surface area contributed by atoms with Crippen LogP contribution in [0.1, 0.15) is 12.5 Å². The summed E-state index contributed by atoms with van der Waals surface area (Å²) in [5, 5.41) is 10.5. The van der Waals surface area contributed by atoms with Crippen LogP contribution in [0.15, 0.2) is 58.3 Å². The van der Waals surface area contributed by atoms with Crippen molar-refractivity contribution in [1.29, 1.82) is 0 Å². The molecule has 1 atom stereocenters. The number of nitrogens with two attached hydrogens (primary N) is 1. The Morgan fingerprint density at radius 3 is 2.57 bits per heavy atom. The molecule has 0 heterocycles. The third-order valence-electron chi connectivity index (χ3n) is 2.94. The summed E-state index contributed by atoms with van der Waals surface area (Å²) in [7, 11) is 0. The first kappa shape index (κ1) is 17.2. The van der Waals surface area contributed by atoms with Crippen LogP contribution in [-0.2, 0) is 0 Å². The molecule has 6 heteroatoms. The van der Waals surface area contributed by atoms with Crippen molar-refractivity contribution in [3.8, 4) is 11.8 Å². The lowest BCUT2D eigenvalue weighted by molar-refractivity contribution is -0.0536. The molecule has 118 valence electrons. The Hall–Kier alpha value is -2.13. The maximum atomic E-state index is 10.9. The molecule has 0 aromatic heterocycles. The minimum Gasteiger partial charge on any atom is -0.350 e. The normalized spacial score (nSPS) is 11.3. The molecule has 0 aliphatic heterocycles. The highest BCUT2D eigenvalue weighted by atomic mass is 35.5. The molecule has 2 rings (SSSR count). The van der Waals surface area contributed by atoms with E-state index in [1.165, 1.54) is 0 Å². The van der Waals surface area contributed by atoms with Crippen LogP contribution in [0.2, 0.25) is 5.02 Å². The van der Waals surface area contributed by atoms with Gasteiger partial charge in [-0.25, -0.2) is 4.79 Å². The van der Waals surface area contributed by atoms with Gasteiger partial charge in [-0.2, -0.15) is 5.06 Å². The third-order valence-corrected chi connectivity index (χ3v) is 4.27. The Kier molecular flexibility index (Phi) is 5.94. The summed E-state index contributed by atoms with van der Waals surface area (Å²) >= 11 is 7.45. The zero-order valence-electron chi connectivity index (χ0n) is 12.4. The van der Waals surface area contributed by atoms with Crippen molar-refractivity contribution in [1.82, 2.24) is 5.06 Å². The highest BCUT2D eigenvalue weighted by Crippen LogP contribution is 2.30. The first-order valence-electron chi connectivity index (χ1n) is 6.79. The van der Waals surface area contributed by atoms with Crippen LogP contribution < -0.4 is 5.73 Å². The number of halogens is 1. The maximum Gasteiger partial charge on any atom is 0.339 e. The van der Waals surface area contributed by atoms with E-state index in [9.17, 15) is 10.0 Å². The first-order chi connectivity index (χ1) is 11.0. The fourth-order valence-electron chi connectivity index (χ4n) is 1.72. The Morgan fingerprint density at radius 1 is 1.26 bits per heavy atom. The van der Waals surface area contributed by atoms with Crippen LogP contribution in [-0.4, -0.2) is 22.3 Å². The van der Waals surface area contributed by atoms with Gasteiger partial charge in [0.15, 0.2) is 0 Å². The van der Waals surface area contributed by atoms with E-state index >= 15 is 0 Å². The van der Waals surface area contributed by atoms with Crippen molar-refractivity contribution < 1.29 is 10.0 Å². The number of urea groups is 1. The maximum absolute atomic E-state index is 10.9. The fraction of sp³-hybridized carbons (Fsp3) is 0.118. The summed E-state index contributed by atoms with van der Waals surface area (Å²) in [4.78, 5) is 12.9. The number of primary amides is 1. The summed E-state index contributed by atoms with van der Waals surface area (Å²) in [6, 6.07) is 13.5. The topological polar surface area (TPSA) is 66.6 Å². The highest BCUT2D eigenvalue weighted by Gasteiger charge is 2.12. The van der Waals surface area contributed by atoms with Gasteiger partial charge in [-0.05, 0) is 43.3 Å². The summed E-state index contributed by atoms with van der Waals surface area (Å²) in [5.41, 5.74) is 5.81. The van der Waals surface area contributed by atoms with Crippen LogP contribution in [0.4, 0.5) is 4.79 Å². The van der Waals surface area contributed by atoms with Gasteiger partial charge in [0.2, 0.25) is 0 Å². The Morgan fingerprint density at radius 2 is 1.91 bits per heavy atom. The quantitative estimate of drug-likeness (QED) is 0.501. The zero-order valence-corrected chi connectivity index (χ0v) is 13.9. The molecule has 2 amide bonds. The number of rotatable bonds is 3. The molecule has 0 bridgehead atoms. The first-order valence-corrected chi connectivity index (χ1v) is 7.98. The number of amides is 2. The van der Waals surface area contributed by atoms with Crippen LogP contribution in [0.3, 0.4) is 0 Å². The number of carbonyl (C=O) groups is 1. The van der Waals surface area contributed by atoms with Gasteiger partial charge < -0.3 is 5.73 Å². The number of nitrogens with zero attached hydrogens (tertiary/aromatic N) is 1. The molecular formula is C17H15ClN2O2S. The second kappa shape index (κ2) is 7.93. The van der Waals surface area contributed by atoms with Gasteiger partial charge in [-0.15, -0.1) is 0 Å². The fourth-order valence-corrected chi connectivity index (χ4v) is 2.75. The van der Waals surface area contributed by atoms with Crippen molar-refractivity contribution in [3.63, 3.8) is 0 Å². The molecular weight excluding hydrogens is 332 g/mol. The minimum absolute atomic E-state index is 0.405. The van der Waals surface area contributed by atoms with E-state index in [2.05, 4.69) is 11.8 Å². The average molecular weight is 347 g/mol. The summed E-state index contributed by atoms with van der Waals surface area (Å²) in [6.07, 6.45) is 0. The lowest BCUT2D eigenvalue weighted by atomic mass is 10.2. The van der Waals surface area contributed by atoms with Crippen LogP contribution in [0.5, 0.6) is 0 Å². The van der Waals surface area contributed by atoms with Crippen molar-refractivity contribution in [2.45, 2.75) is 22.8 Å². The summed E-state index contributed by atoms with van der Waals surface area (Å²) in [5.74, 6) is 5.78. The van der Waals surface area contributed by atoms with Gasteiger partial charge in [0.25, 0.3) is 0 Å². The van der Waals surface area contributed by atoms with Crippen LogP contribution in [0.25, 0.3) is 0 Å². The van der Waals surface area contributed by atoms with Crippen molar-refractivity contribution >= 4 is 29.4 Å². The molecule has 23 heavy (non-hydrogen) atoms. The predicted octanol–water partition coefficient (Wildman–Crippen LogP) is 4.00. The Labute approximate surface area is 144 Å². The van der Waals surface area contributed by atoms with Gasteiger partial charge in [-0.1, -0.05) is 47.3 Å². The molecule has 0 saturated heterocycles. The second-order valence-electron chi connectivity index (χ2n) is 4.68. The van der Waals surface area contributed by atoms with Crippen molar-refractivity contribution in [2.75, 3.05) is 0 Å². The number of hydrogen-bond donors (Lipinski definition) is 2. The highest BCUT2D eigenvalue weighted by molar-refractivity contribution is 7.99. The second-order valence-corrected chi connectivity index (χ2v) is 6.23. The number of hydroxylamine groups is 2. The summed E-state index contributed by atoms with van der Waals surface area (Å²) in [6.45, 7) is 1.59. The largest absolute Gasteiger partial charge is 0.350 e. The molecule has 0 saturated carbocycles. The van der Waals surface area contributed by atoms with E-state index in [-0.39, 0.29) is 0 Å². The van der Waals surface area contributed by atoms with Gasteiger partial charge in [-0.3, -0.25) is 5.21 Å². The smallest absolute Gasteiger partial charge is 0.339 e. The molecule has 4 nitrogen and oxygen atoms in total. The standard InChI is InChI=1S/C17H15ClN2O2S/c1-12(20(22)17(19)21)6-7-13-4-2-3-5-16(13)23-15-10-8-14(18)9-11-15/h2-5,8-12,22H,1H3,(H2,19,21). The number of carbonyl (C=O) groups excluding carboxylic acids is 1. The van der Waals surface area contributed by atoms with E-state index in [1.807, 2.05) is 48.5 Å². The third kappa shape index (κ3) is 4.93. The number of benzene rings is 2. The molecule has 0 radical (unpaired) electrons. The number of hydrogen-bond acceptors (Lipinski definition) is 3. The molecule has 2 aromatic rings. The van der Waals surface area contributed by atoms with Gasteiger partial charge in [0, 0.05) is 20.4 Å². The Bertz CT molecular complexity index is 753. The molecule has 0 spiro atoms.